The van der Waals surface area contributed by atoms with E-state index in [-0.39, 0.29) is 0 Å². The number of rotatable bonds is 4. The summed E-state index contributed by atoms with van der Waals surface area (Å²) in [5.74, 6) is 0.724. The predicted octanol–water partition coefficient (Wildman–Crippen LogP) is 3.45. The van der Waals surface area contributed by atoms with Crippen molar-refractivity contribution in [2.75, 3.05) is 7.11 Å². The average Bonchev–Trinajstić information content (AvgIpc) is 2.84. The Bertz CT molecular complexity index is 422. The minimum Gasteiger partial charge on any atom is -0.378 e. The Kier molecular flexibility index (Phi) is 3.80. The van der Waals surface area contributed by atoms with Crippen LogP contribution in [-0.4, -0.2) is 12.1 Å². The van der Waals surface area contributed by atoms with Crippen molar-refractivity contribution in [1.82, 2.24) is 4.98 Å². The van der Waals surface area contributed by atoms with Crippen molar-refractivity contribution >= 4 is 35.3 Å². The van der Waals surface area contributed by atoms with E-state index in [9.17, 15) is 0 Å². The van der Waals surface area contributed by atoms with Gasteiger partial charge in [-0.1, -0.05) is 6.07 Å². The first kappa shape index (κ1) is 11.1. The van der Waals surface area contributed by atoms with Crippen LogP contribution in [0.4, 0.5) is 0 Å². The van der Waals surface area contributed by atoms with Crippen molar-refractivity contribution in [1.29, 1.82) is 0 Å². The minimum absolute atomic E-state index is 0.567. The second-order valence-electron chi connectivity index (χ2n) is 2.96. The molecule has 2 heterocycles. The smallest absolute Gasteiger partial charge is 0.134 e. The molecule has 0 spiro atoms. The Morgan fingerprint density at radius 1 is 1.53 bits per heavy atom. The third-order valence-corrected chi connectivity index (χ3v) is 4.60. The summed E-state index contributed by atoms with van der Waals surface area (Å²) in [4.78, 5) is 6.98. The molecule has 2 aromatic heterocycles. The van der Waals surface area contributed by atoms with Gasteiger partial charge in [-0.05, 0) is 11.4 Å². The number of hydrogen-bond donors (Lipinski definition) is 1. The lowest BCUT2D eigenvalue weighted by molar-refractivity contribution is 0.181. The number of ether oxygens (including phenoxy) is 1. The van der Waals surface area contributed by atoms with E-state index in [1.807, 2.05) is 6.07 Å². The zero-order valence-corrected chi connectivity index (χ0v) is 10.8. The lowest BCUT2D eigenvalue weighted by Crippen LogP contribution is -1.91. The number of thiol groups is 1. The summed E-state index contributed by atoms with van der Waals surface area (Å²) >= 11 is 7.71. The summed E-state index contributed by atoms with van der Waals surface area (Å²) in [5.41, 5.74) is 1.01. The molecule has 2 rings (SSSR count). The number of thiazole rings is 1. The van der Waals surface area contributed by atoms with E-state index in [1.54, 1.807) is 29.8 Å². The molecule has 0 aliphatic heterocycles. The average molecular weight is 257 g/mol. The van der Waals surface area contributed by atoms with Crippen molar-refractivity contribution < 1.29 is 4.74 Å². The van der Waals surface area contributed by atoms with E-state index in [0.717, 1.165) is 16.5 Å². The van der Waals surface area contributed by atoms with E-state index in [4.69, 9.17) is 4.74 Å². The van der Waals surface area contributed by atoms with Gasteiger partial charge in [-0.3, -0.25) is 0 Å². The predicted molar refractivity (Wildman–Crippen MR) is 68.8 cm³/mol. The first-order valence-electron chi connectivity index (χ1n) is 4.47. The maximum absolute atomic E-state index is 5.11. The number of thiophene rings is 1. The van der Waals surface area contributed by atoms with Gasteiger partial charge in [0.05, 0.1) is 17.2 Å². The molecule has 0 saturated heterocycles. The number of aromatic nitrogens is 1. The number of hydrogen-bond acceptors (Lipinski definition) is 5. The molecule has 0 saturated carbocycles. The third-order valence-electron chi connectivity index (χ3n) is 1.93. The zero-order chi connectivity index (χ0) is 10.7. The minimum atomic E-state index is 0.567. The van der Waals surface area contributed by atoms with Crippen LogP contribution >= 0.6 is 35.3 Å². The van der Waals surface area contributed by atoms with Gasteiger partial charge in [0, 0.05) is 17.7 Å². The summed E-state index contributed by atoms with van der Waals surface area (Å²) in [7, 11) is 1.69. The standard InChI is InChI=1S/C10H11NOS3/c1-12-5-7-9(6-13)15-10(11-7)8-3-2-4-14-8/h2-4,13H,5-6H2,1H3. The quantitative estimate of drug-likeness (QED) is 0.848. The fraction of sp³-hybridized carbons (Fsp3) is 0.300. The Morgan fingerprint density at radius 3 is 3.00 bits per heavy atom. The maximum atomic E-state index is 5.11. The van der Waals surface area contributed by atoms with Crippen LogP contribution in [0.3, 0.4) is 0 Å². The molecule has 0 aliphatic rings. The fourth-order valence-electron chi connectivity index (χ4n) is 1.26. The highest BCUT2D eigenvalue weighted by molar-refractivity contribution is 7.79. The summed E-state index contributed by atoms with van der Waals surface area (Å²) in [6.07, 6.45) is 0. The molecule has 0 aliphatic carbocycles. The Labute approximate surface area is 102 Å². The van der Waals surface area contributed by atoms with E-state index in [1.165, 1.54) is 9.75 Å². The van der Waals surface area contributed by atoms with E-state index in [2.05, 4.69) is 29.1 Å². The molecule has 0 atom stereocenters. The SMILES string of the molecule is COCc1nc(-c2cccs2)sc1CS. The summed E-state index contributed by atoms with van der Waals surface area (Å²) in [6.45, 7) is 0.567. The highest BCUT2D eigenvalue weighted by Gasteiger charge is 2.11. The number of nitrogens with zero attached hydrogens (tertiary/aromatic N) is 1. The first-order valence-corrected chi connectivity index (χ1v) is 6.80. The van der Waals surface area contributed by atoms with E-state index >= 15 is 0 Å². The van der Waals surface area contributed by atoms with Crippen molar-refractivity contribution in [3.8, 4) is 9.88 Å². The molecule has 0 radical (unpaired) electrons. The zero-order valence-electron chi connectivity index (χ0n) is 8.27. The van der Waals surface area contributed by atoms with Gasteiger partial charge in [0.15, 0.2) is 0 Å². The number of methoxy groups -OCH3 is 1. The van der Waals surface area contributed by atoms with Crippen molar-refractivity contribution in [2.24, 2.45) is 0 Å². The van der Waals surface area contributed by atoms with Crippen molar-refractivity contribution in [2.45, 2.75) is 12.4 Å². The van der Waals surface area contributed by atoms with Gasteiger partial charge in [0.2, 0.25) is 0 Å². The van der Waals surface area contributed by atoms with Crippen LogP contribution in [-0.2, 0) is 17.1 Å². The third kappa shape index (κ3) is 2.42. The molecule has 2 aromatic rings. The lowest BCUT2D eigenvalue weighted by Gasteiger charge is -1.95. The summed E-state index contributed by atoms with van der Waals surface area (Å²) in [6, 6.07) is 4.13. The topological polar surface area (TPSA) is 22.1 Å². The molecule has 0 N–H and O–H groups in total. The molecular weight excluding hydrogens is 246 g/mol. The Morgan fingerprint density at radius 2 is 2.40 bits per heavy atom. The second kappa shape index (κ2) is 5.12. The van der Waals surface area contributed by atoms with Crippen LogP contribution in [0.15, 0.2) is 17.5 Å². The first-order chi connectivity index (χ1) is 7.35. The highest BCUT2D eigenvalue weighted by Crippen LogP contribution is 2.32. The van der Waals surface area contributed by atoms with Crippen LogP contribution in [0.1, 0.15) is 10.6 Å². The molecular formula is C10H11NOS3. The molecule has 0 unspecified atom stereocenters. The van der Waals surface area contributed by atoms with E-state index < -0.39 is 0 Å². The van der Waals surface area contributed by atoms with Gasteiger partial charge in [-0.2, -0.15) is 12.6 Å². The normalized spacial score (nSPS) is 10.8. The molecule has 15 heavy (non-hydrogen) atoms. The van der Waals surface area contributed by atoms with Crippen LogP contribution in [0, 0.1) is 0 Å². The van der Waals surface area contributed by atoms with E-state index in [0.29, 0.717) is 6.61 Å². The van der Waals surface area contributed by atoms with Gasteiger partial charge in [-0.15, -0.1) is 22.7 Å². The van der Waals surface area contributed by atoms with Gasteiger partial charge >= 0.3 is 0 Å². The maximum Gasteiger partial charge on any atom is 0.134 e. The van der Waals surface area contributed by atoms with Gasteiger partial charge in [0.1, 0.15) is 5.01 Å². The second-order valence-corrected chi connectivity index (χ2v) is 5.30. The molecule has 0 amide bonds. The molecule has 0 fully saturated rings. The van der Waals surface area contributed by atoms with Crippen molar-refractivity contribution in [3.05, 3.63) is 28.1 Å². The Balaban J connectivity index is 2.34. The largest absolute Gasteiger partial charge is 0.378 e. The fourth-order valence-corrected chi connectivity index (χ4v) is 3.36. The molecule has 80 valence electrons. The molecule has 0 bridgehead atoms. The van der Waals surface area contributed by atoms with Crippen LogP contribution < -0.4 is 0 Å². The van der Waals surface area contributed by atoms with Gasteiger partial charge < -0.3 is 4.74 Å². The van der Waals surface area contributed by atoms with Crippen LogP contribution in [0.25, 0.3) is 9.88 Å². The van der Waals surface area contributed by atoms with Crippen LogP contribution in [0.2, 0.25) is 0 Å². The Hall–Kier alpha value is -0.360. The van der Waals surface area contributed by atoms with Gasteiger partial charge in [0.25, 0.3) is 0 Å². The highest BCUT2D eigenvalue weighted by atomic mass is 32.1. The molecule has 5 heteroatoms. The molecule has 0 aromatic carbocycles. The molecule has 2 nitrogen and oxygen atoms in total. The van der Waals surface area contributed by atoms with Crippen molar-refractivity contribution in [3.63, 3.8) is 0 Å². The lowest BCUT2D eigenvalue weighted by atomic mass is 10.4. The summed E-state index contributed by atoms with van der Waals surface area (Å²) in [5, 5.41) is 3.13. The van der Waals surface area contributed by atoms with Gasteiger partial charge in [-0.25, -0.2) is 4.98 Å². The monoisotopic (exact) mass is 257 g/mol. The summed E-state index contributed by atoms with van der Waals surface area (Å²) < 4.78 is 5.11. The van der Waals surface area contributed by atoms with Crippen LogP contribution in [0.5, 0.6) is 0 Å².